The normalized spacial score (nSPS) is 27.1. The van der Waals surface area contributed by atoms with Gasteiger partial charge in [-0.1, -0.05) is 10.4 Å². The van der Waals surface area contributed by atoms with E-state index in [1.165, 1.54) is 11.3 Å². The van der Waals surface area contributed by atoms with Crippen LogP contribution in [0.5, 0.6) is 0 Å². The fraction of sp³-hybridized carbons (Fsp3) is 0.545. The number of thiophene rings is 1. The Morgan fingerprint density at radius 2 is 1.70 bits per heavy atom. The van der Waals surface area contributed by atoms with Gasteiger partial charge in [0.1, 0.15) is 0 Å². The summed E-state index contributed by atoms with van der Waals surface area (Å²) in [6, 6.07) is 0. The molecule has 1 aromatic heterocycles. The fourth-order valence-corrected chi connectivity index (χ4v) is 4.59. The number of hydrogen-bond donors (Lipinski definition) is 1. The molecule has 86 valence electrons. The van der Waals surface area contributed by atoms with Crippen LogP contribution in [0.25, 0.3) is 0 Å². The maximum absolute atomic E-state index is 9.04. The average Bonchev–Trinajstić information content (AvgIpc) is 2.84. The van der Waals surface area contributed by atoms with Crippen molar-refractivity contribution < 1.29 is 5.21 Å². The number of oxime groups is 1. The van der Waals surface area contributed by atoms with Crippen LogP contribution in [0.15, 0.2) is 5.16 Å². The molecule has 3 rings (SSSR count). The Hall–Kier alpha value is -0.440. The van der Waals surface area contributed by atoms with Crippen molar-refractivity contribution in [1.82, 2.24) is 0 Å². The molecule has 0 atom stereocenters. The minimum Gasteiger partial charge on any atom is -0.411 e. The first-order valence-electron chi connectivity index (χ1n) is 6.23. The average molecular weight is 266 g/mol. The molecule has 0 aromatic carbocycles. The van der Waals surface area contributed by atoms with Gasteiger partial charge in [-0.15, -0.1) is 21.8 Å². The summed E-state index contributed by atoms with van der Waals surface area (Å²) in [4.78, 5) is 1.73. The van der Waals surface area contributed by atoms with Crippen LogP contribution in [0.3, 0.4) is 0 Å². The minimum atomic E-state index is -1.65. The van der Waals surface area contributed by atoms with Gasteiger partial charge >= 0.3 is 0 Å². The lowest BCUT2D eigenvalue weighted by Gasteiger charge is -2.59. The van der Waals surface area contributed by atoms with Gasteiger partial charge in [0.05, 0.1) is 57.7 Å². The topological polar surface area (TPSA) is 32.6 Å². The molecule has 20 heavy (non-hydrogen) atoms. The summed E-state index contributed by atoms with van der Waals surface area (Å²) in [6.07, 6.45) is 1.61. The summed E-state index contributed by atoms with van der Waals surface area (Å²) in [6.45, 7) is 0. The summed E-state index contributed by atoms with van der Waals surface area (Å²) in [7, 11) is 36.6. The van der Waals surface area contributed by atoms with Crippen LogP contribution in [-0.2, 0) is 18.1 Å². The Morgan fingerprint density at radius 3 is 2.30 bits per heavy atom. The van der Waals surface area contributed by atoms with Crippen molar-refractivity contribution >= 4 is 64.1 Å². The molecule has 0 spiro atoms. The lowest BCUT2D eigenvalue weighted by molar-refractivity contribution is 0.318. The van der Waals surface area contributed by atoms with Gasteiger partial charge < -0.3 is 5.21 Å². The smallest absolute Gasteiger partial charge is 0.0973 e. The third-order valence-electron chi connectivity index (χ3n) is 4.40. The summed E-state index contributed by atoms with van der Waals surface area (Å²) >= 11 is 1.44. The molecule has 12 radical (unpaired) electrons. The van der Waals surface area contributed by atoms with Crippen molar-refractivity contribution in [3.05, 3.63) is 20.9 Å². The SMILES string of the molecule is [B]C1([B])Cc2sc3c(c2C([B])([B])C1([B])[B])CC/C3=N\O. The lowest BCUT2D eigenvalue weighted by Crippen LogP contribution is -2.54. The standard InChI is InChI=1S/C11H7B6NOS/c12-9(13)3-6-7(10(14,15)11(9,16)17)4-1-2-5(18-19)8(4)20-6/h19H,1-3H2/b18-5+. The molecule has 1 aromatic rings. The Balaban J connectivity index is 2.27. The fourth-order valence-electron chi connectivity index (χ4n) is 3.05. The molecule has 9 heteroatoms. The van der Waals surface area contributed by atoms with Crippen LogP contribution in [0.1, 0.15) is 27.3 Å². The highest BCUT2D eigenvalue weighted by Crippen LogP contribution is 2.61. The molecule has 0 saturated carbocycles. The van der Waals surface area contributed by atoms with Gasteiger partial charge in [0, 0.05) is 4.88 Å². The molecule has 2 aliphatic rings. The summed E-state index contributed by atoms with van der Waals surface area (Å²) in [5.74, 6) is 0. The highest BCUT2D eigenvalue weighted by Gasteiger charge is 2.52. The van der Waals surface area contributed by atoms with Gasteiger partial charge in [0.2, 0.25) is 0 Å². The Kier molecular flexibility index (Phi) is 2.94. The third-order valence-corrected chi connectivity index (χ3v) is 5.68. The van der Waals surface area contributed by atoms with Crippen LogP contribution < -0.4 is 0 Å². The van der Waals surface area contributed by atoms with E-state index in [4.69, 9.17) is 52.3 Å². The van der Waals surface area contributed by atoms with Gasteiger partial charge in [0.15, 0.2) is 0 Å². The largest absolute Gasteiger partial charge is 0.411 e. The summed E-state index contributed by atoms with van der Waals surface area (Å²) in [5.41, 5.74) is 2.26. The monoisotopic (exact) mass is 267 g/mol. The highest BCUT2D eigenvalue weighted by atomic mass is 32.1. The molecular weight excluding hydrogens is 259 g/mol. The second kappa shape index (κ2) is 4.06. The zero-order valence-electron chi connectivity index (χ0n) is 10.9. The highest BCUT2D eigenvalue weighted by molar-refractivity contribution is 7.14. The zero-order chi connectivity index (χ0) is 14.9. The van der Waals surface area contributed by atoms with Gasteiger partial charge in [-0.05, 0) is 30.4 Å². The second-order valence-electron chi connectivity index (χ2n) is 5.71. The molecule has 1 heterocycles. The first kappa shape index (κ1) is 14.5. The van der Waals surface area contributed by atoms with E-state index in [9.17, 15) is 0 Å². The van der Waals surface area contributed by atoms with E-state index in [2.05, 4.69) is 5.16 Å². The van der Waals surface area contributed by atoms with Crippen LogP contribution in [0.4, 0.5) is 0 Å². The maximum atomic E-state index is 9.04. The molecule has 1 N–H and O–H groups in total. The van der Waals surface area contributed by atoms with Crippen molar-refractivity contribution in [2.24, 2.45) is 5.16 Å². The van der Waals surface area contributed by atoms with Crippen molar-refractivity contribution in [2.45, 2.75) is 34.9 Å². The summed E-state index contributed by atoms with van der Waals surface area (Å²) < 4.78 is 0. The summed E-state index contributed by atoms with van der Waals surface area (Å²) in [5, 5.41) is 7.74. The van der Waals surface area contributed by atoms with Crippen LogP contribution in [0, 0.1) is 0 Å². The van der Waals surface area contributed by atoms with Crippen molar-refractivity contribution in [3.8, 4) is 0 Å². The molecule has 0 amide bonds. The van der Waals surface area contributed by atoms with E-state index in [1.54, 1.807) is 0 Å². The van der Waals surface area contributed by atoms with Crippen molar-refractivity contribution in [2.75, 3.05) is 0 Å². The van der Waals surface area contributed by atoms with Crippen LogP contribution >= 0.6 is 11.3 Å². The molecule has 0 bridgehead atoms. The number of rotatable bonds is 0. The minimum absolute atomic E-state index is 0.280. The number of nitrogens with zero attached hydrogens (tertiary/aromatic N) is 1. The van der Waals surface area contributed by atoms with Gasteiger partial charge in [-0.25, -0.2) is 0 Å². The Morgan fingerprint density at radius 1 is 1.05 bits per heavy atom. The predicted octanol–water partition coefficient (Wildman–Crippen LogP) is -0.175. The molecule has 0 saturated heterocycles. The van der Waals surface area contributed by atoms with Gasteiger partial charge in [0.25, 0.3) is 0 Å². The van der Waals surface area contributed by atoms with E-state index >= 15 is 0 Å². The molecule has 2 aliphatic carbocycles. The molecular formula is C11H7B6NOS. The Labute approximate surface area is 130 Å². The third kappa shape index (κ3) is 1.56. The van der Waals surface area contributed by atoms with E-state index in [1.807, 2.05) is 0 Å². The molecule has 2 nitrogen and oxygen atoms in total. The zero-order valence-corrected chi connectivity index (χ0v) is 11.7. The maximum Gasteiger partial charge on any atom is 0.0973 e. The molecule has 0 aliphatic heterocycles. The first-order valence-corrected chi connectivity index (χ1v) is 7.04. The first-order chi connectivity index (χ1) is 9.13. The van der Waals surface area contributed by atoms with Crippen LogP contribution in [-0.4, -0.2) is 58.0 Å². The molecule has 0 fully saturated rings. The lowest BCUT2D eigenvalue weighted by atomic mass is 9.15. The van der Waals surface area contributed by atoms with Gasteiger partial charge in [-0.3, -0.25) is 0 Å². The number of hydrogen-bond acceptors (Lipinski definition) is 3. The van der Waals surface area contributed by atoms with E-state index in [0.29, 0.717) is 24.1 Å². The van der Waals surface area contributed by atoms with E-state index < -0.39 is 15.6 Å². The quantitative estimate of drug-likeness (QED) is 0.394. The van der Waals surface area contributed by atoms with Gasteiger partial charge in [-0.2, -0.15) is 0 Å². The number of fused-ring (bicyclic) bond motifs is 3. The molecule has 0 unspecified atom stereocenters. The predicted molar refractivity (Wildman–Crippen MR) is 86.3 cm³/mol. The van der Waals surface area contributed by atoms with Crippen LogP contribution in [0.2, 0.25) is 10.4 Å². The van der Waals surface area contributed by atoms with Crippen molar-refractivity contribution in [1.29, 1.82) is 0 Å². The van der Waals surface area contributed by atoms with E-state index in [-0.39, 0.29) is 6.42 Å². The van der Waals surface area contributed by atoms with Crippen molar-refractivity contribution in [3.63, 3.8) is 0 Å². The van der Waals surface area contributed by atoms with E-state index in [0.717, 1.165) is 15.3 Å². The Bertz CT molecular complexity index is 621. The second-order valence-corrected chi connectivity index (χ2v) is 6.81.